The quantitative estimate of drug-likeness (QED) is 0.276. The number of hydrogen-bond acceptors (Lipinski definition) is 2. The predicted molar refractivity (Wildman–Crippen MR) is 130 cm³/mol. The summed E-state index contributed by atoms with van der Waals surface area (Å²) < 4.78 is 0. The highest BCUT2D eigenvalue weighted by Gasteiger charge is 2.60. The molecule has 0 spiro atoms. The van der Waals surface area contributed by atoms with E-state index in [9.17, 15) is 9.59 Å². The van der Waals surface area contributed by atoms with Crippen LogP contribution in [-0.2, 0) is 9.59 Å². The zero-order valence-electron chi connectivity index (χ0n) is 18.9. The standard InChI is InChI=1S/C19H23NO2.3C2H6.2CH4/c21-16-5-6-17(22)20(16)7-1-2-11-8-14-10-15(11)19-13-4-3-12(9-13)18(14)19;3*1-2;;/h3-6,11-15,18-19H,1-2,7-10H2;3*1-2H3;2*1H4. The molecule has 7 unspecified atom stereocenters. The van der Waals surface area contributed by atoms with Crippen LogP contribution in [0, 0.1) is 41.4 Å². The highest BCUT2D eigenvalue weighted by atomic mass is 16.2. The van der Waals surface area contributed by atoms with Crippen LogP contribution in [0.3, 0.4) is 0 Å². The van der Waals surface area contributed by atoms with Crippen LogP contribution in [0.25, 0.3) is 0 Å². The maximum absolute atomic E-state index is 11.6. The van der Waals surface area contributed by atoms with Gasteiger partial charge in [0.1, 0.15) is 0 Å². The molecule has 0 aromatic rings. The lowest BCUT2D eigenvalue weighted by Gasteiger charge is -2.37. The van der Waals surface area contributed by atoms with Crippen LogP contribution in [0.15, 0.2) is 24.3 Å². The molecule has 174 valence electrons. The average Bonchev–Trinajstić information content (AvgIpc) is 3.56. The Morgan fingerprint density at radius 1 is 0.800 bits per heavy atom. The topological polar surface area (TPSA) is 37.4 Å². The third-order valence-corrected chi connectivity index (χ3v) is 7.26. The molecule has 5 rings (SSSR count). The van der Waals surface area contributed by atoms with E-state index >= 15 is 0 Å². The zero-order valence-corrected chi connectivity index (χ0v) is 18.9. The van der Waals surface area contributed by atoms with Crippen LogP contribution in [0.1, 0.15) is 88.5 Å². The Morgan fingerprint density at radius 2 is 1.33 bits per heavy atom. The molecule has 5 aliphatic rings. The number of carbonyl (C=O) groups is 2. The minimum Gasteiger partial charge on any atom is -0.275 e. The van der Waals surface area contributed by atoms with Crippen LogP contribution in [-0.4, -0.2) is 23.3 Å². The lowest BCUT2D eigenvalue weighted by molar-refractivity contribution is -0.136. The van der Waals surface area contributed by atoms with Crippen LogP contribution in [0.5, 0.6) is 0 Å². The number of amides is 2. The second kappa shape index (κ2) is 13.1. The normalized spacial score (nSPS) is 35.3. The highest BCUT2D eigenvalue weighted by molar-refractivity contribution is 6.12. The van der Waals surface area contributed by atoms with Gasteiger partial charge in [0, 0.05) is 18.7 Å². The molecule has 30 heavy (non-hydrogen) atoms. The Morgan fingerprint density at radius 3 is 1.90 bits per heavy atom. The summed E-state index contributed by atoms with van der Waals surface area (Å²) >= 11 is 0. The fraction of sp³-hybridized carbons (Fsp3) is 0.778. The van der Waals surface area contributed by atoms with E-state index in [1.807, 2.05) is 41.5 Å². The molecule has 4 aliphatic carbocycles. The number of imide groups is 1. The van der Waals surface area contributed by atoms with Crippen LogP contribution < -0.4 is 0 Å². The van der Waals surface area contributed by atoms with Gasteiger partial charge in [0.25, 0.3) is 11.8 Å². The van der Waals surface area contributed by atoms with Crippen molar-refractivity contribution in [2.45, 2.75) is 88.5 Å². The monoisotopic (exact) mass is 419 g/mol. The third-order valence-electron chi connectivity index (χ3n) is 7.26. The van der Waals surface area contributed by atoms with Gasteiger partial charge in [-0.15, -0.1) is 0 Å². The van der Waals surface area contributed by atoms with E-state index in [2.05, 4.69) is 12.2 Å². The number of rotatable bonds is 4. The van der Waals surface area contributed by atoms with Crippen molar-refractivity contribution < 1.29 is 9.59 Å². The average molecular weight is 420 g/mol. The molecule has 2 amide bonds. The summed E-state index contributed by atoms with van der Waals surface area (Å²) in [5, 5.41) is 0. The molecule has 3 nitrogen and oxygen atoms in total. The summed E-state index contributed by atoms with van der Waals surface area (Å²) in [6.45, 7) is 12.6. The second-order valence-electron chi connectivity index (χ2n) is 8.06. The molecule has 0 aromatic heterocycles. The number of nitrogens with zero attached hydrogens (tertiary/aromatic N) is 1. The van der Waals surface area contributed by atoms with Crippen molar-refractivity contribution in [1.29, 1.82) is 0 Å². The number of fused-ring (bicyclic) bond motifs is 9. The summed E-state index contributed by atoms with van der Waals surface area (Å²) in [7, 11) is 0. The maximum Gasteiger partial charge on any atom is 0.253 e. The predicted octanol–water partition coefficient (Wildman–Crippen LogP) is 7.14. The molecule has 3 saturated carbocycles. The van der Waals surface area contributed by atoms with Crippen molar-refractivity contribution >= 4 is 11.8 Å². The second-order valence-corrected chi connectivity index (χ2v) is 8.06. The van der Waals surface area contributed by atoms with E-state index in [1.54, 1.807) is 0 Å². The van der Waals surface area contributed by atoms with Gasteiger partial charge < -0.3 is 0 Å². The molecule has 0 saturated heterocycles. The SMILES string of the molecule is C.C.CC.CC.CC.O=C1C=CC(=O)N1CCCC1CC2CC1C1C3C=CC(C3)C21. The van der Waals surface area contributed by atoms with Gasteiger partial charge in [-0.25, -0.2) is 0 Å². The van der Waals surface area contributed by atoms with E-state index < -0.39 is 0 Å². The first-order valence-electron chi connectivity index (χ1n) is 11.9. The van der Waals surface area contributed by atoms with Gasteiger partial charge in [0.05, 0.1) is 0 Å². The Kier molecular flexibility index (Phi) is 12.5. The fourth-order valence-electron chi connectivity index (χ4n) is 6.65. The van der Waals surface area contributed by atoms with Gasteiger partial charge in [-0.2, -0.15) is 0 Å². The van der Waals surface area contributed by atoms with Crippen LogP contribution in [0.2, 0.25) is 0 Å². The van der Waals surface area contributed by atoms with Crippen LogP contribution >= 0.6 is 0 Å². The van der Waals surface area contributed by atoms with Crippen molar-refractivity contribution in [2.75, 3.05) is 6.54 Å². The summed E-state index contributed by atoms with van der Waals surface area (Å²) in [5.74, 6) is 6.23. The highest BCUT2D eigenvalue weighted by Crippen LogP contribution is 2.67. The van der Waals surface area contributed by atoms with E-state index in [4.69, 9.17) is 0 Å². The zero-order chi connectivity index (χ0) is 20.8. The summed E-state index contributed by atoms with van der Waals surface area (Å²) in [4.78, 5) is 24.6. The van der Waals surface area contributed by atoms with Gasteiger partial charge >= 0.3 is 0 Å². The Balaban J connectivity index is 0.000000974. The molecule has 0 radical (unpaired) electrons. The third kappa shape index (κ3) is 5.08. The maximum atomic E-state index is 11.6. The number of carbonyl (C=O) groups excluding carboxylic acids is 2. The lowest BCUT2D eigenvalue weighted by Crippen LogP contribution is -2.33. The number of hydrogen-bond donors (Lipinski definition) is 0. The van der Waals surface area contributed by atoms with E-state index in [0.29, 0.717) is 6.54 Å². The molecule has 7 atom stereocenters. The Labute approximate surface area is 187 Å². The summed E-state index contributed by atoms with van der Waals surface area (Å²) in [5.41, 5.74) is 0. The van der Waals surface area contributed by atoms with Crippen molar-refractivity contribution in [1.82, 2.24) is 4.90 Å². The van der Waals surface area contributed by atoms with Gasteiger partial charge in [-0.3, -0.25) is 14.5 Å². The van der Waals surface area contributed by atoms with E-state index in [0.717, 1.165) is 47.8 Å². The molecule has 0 aromatic carbocycles. The van der Waals surface area contributed by atoms with Crippen molar-refractivity contribution in [3.63, 3.8) is 0 Å². The Bertz CT molecular complexity index is 576. The molecular weight excluding hydrogens is 370 g/mol. The fourth-order valence-corrected chi connectivity index (χ4v) is 6.65. The molecule has 4 bridgehead atoms. The summed E-state index contributed by atoms with van der Waals surface area (Å²) in [6.07, 6.45) is 14.3. The minimum atomic E-state index is -0.128. The number of allylic oxidation sites excluding steroid dienone is 2. The van der Waals surface area contributed by atoms with Gasteiger partial charge in [-0.1, -0.05) is 68.5 Å². The molecule has 1 aliphatic heterocycles. The molecule has 0 N–H and O–H groups in total. The van der Waals surface area contributed by atoms with Crippen LogP contribution in [0.4, 0.5) is 0 Å². The van der Waals surface area contributed by atoms with Crippen molar-refractivity contribution in [2.24, 2.45) is 41.4 Å². The minimum absolute atomic E-state index is 0. The van der Waals surface area contributed by atoms with Crippen molar-refractivity contribution in [3.05, 3.63) is 24.3 Å². The van der Waals surface area contributed by atoms with E-state index in [-0.39, 0.29) is 26.7 Å². The van der Waals surface area contributed by atoms with Crippen molar-refractivity contribution in [3.8, 4) is 0 Å². The first-order valence-corrected chi connectivity index (χ1v) is 11.9. The largest absolute Gasteiger partial charge is 0.275 e. The molecule has 3 fully saturated rings. The lowest BCUT2D eigenvalue weighted by atomic mass is 9.68. The molecule has 3 heteroatoms. The van der Waals surface area contributed by atoms with E-state index in [1.165, 1.54) is 42.7 Å². The van der Waals surface area contributed by atoms with Gasteiger partial charge in [0.15, 0.2) is 0 Å². The molecular formula is C27H49NO2. The first-order chi connectivity index (χ1) is 13.7. The van der Waals surface area contributed by atoms with Gasteiger partial charge in [-0.05, 0) is 73.5 Å². The summed E-state index contributed by atoms with van der Waals surface area (Å²) in [6, 6.07) is 0. The first kappa shape index (κ1) is 28.6. The molecule has 1 heterocycles. The Hall–Kier alpha value is -1.38. The smallest absolute Gasteiger partial charge is 0.253 e. The van der Waals surface area contributed by atoms with Gasteiger partial charge in [0.2, 0.25) is 0 Å².